The summed E-state index contributed by atoms with van der Waals surface area (Å²) in [5, 5.41) is 0. The van der Waals surface area contributed by atoms with Crippen molar-refractivity contribution in [3.63, 3.8) is 0 Å². The van der Waals surface area contributed by atoms with Crippen molar-refractivity contribution in [2.24, 2.45) is 0 Å². The summed E-state index contributed by atoms with van der Waals surface area (Å²) in [7, 11) is 0. The van der Waals surface area contributed by atoms with Crippen LogP contribution in [0.25, 0.3) is 0 Å². The van der Waals surface area contributed by atoms with E-state index >= 15 is 0 Å². The zero-order chi connectivity index (χ0) is 28.4. The molecule has 0 spiro atoms. The summed E-state index contributed by atoms with van der Waals surface area (Å²) >= 11 is 0. The Labute approximate surface area is 238 Å². The number of unbranched alkanes of at least 4 members (excludes halogenated alkanes) is 8. The first kappa shape index (κ1) is 30.7. The van der Waals surface area contributed by atoms with E-state index in [1.165, 1.54) is 44.9 Å². The van der Waals surface area contributed by atoms with Gasteiger partial charge in [-0.1, -0.05) is 65.2 Å². The van der Waals surface area contributed by atoms with Crippen LogP contribution in [0.5, 0.6) is 23.0 Å². The van der Waals surface area contributed by atoms with Crippen molar-refractivity contribution in [2.45, 2.75) is 78.1 Å². The molecular weight excluding hydrogens is 504 g/mol. The van der Waals surface area contributed by atoms with E-state index in [-0.39, 0.29) is 0 Å². The van der Waals surface area contributed by atoms with Crippen LogP contribution < -0.4 is 18.9 Å². The second kappa shape index (κ2) is 17.7. The van der Waals surface area contributed by atoms with Gasteiger partial charge in [0.15, 0.2) is 0 Å². The summed E-state index contributed by atoms with van der Waals surface area (Å²) in [5.74, 6) is 1.27. The predicted octanol–water partition coefficient (Wildman–Crippen LogP) is 8.82. The SMILES string of the molecule is CCCCCCCOc1ccc(OC(=O)c2ccc(OC(=O)c3ccc(OCCCCCCC)cc3)cc2)cc1. The van der Waals surface area contributed by atoms with Crippen LogP contribution >= 0.6 is 0 Å². The maximum atomic E-state index is 12.6. The lowest BCUT2D eigenvalue weighted by atomic mass is 10.2. The number of carbonyl (C=O) groups is 2. The molecule has 0 saturated heterocycles. The molecule has 0 atom stereocenters. The summed E-state index contributed by atoms with van der Waals surface area (Å²) in [6, 6.07) is 20.2. The van der Waals surface area contributed by atoms with E-state index in [9.17, 15) is 9.59 Å². The Morgan fingerprint density at radius 2 is 0.775 bits per heavy atom. The molecule has 0 saturated carbocycles. The van der Waals surface area contributed by atoms with Gasteiger partial charge in [-0.2, -0.15) is 0 Å². The second-order valence-corrected chi connectivity index (χ2v) is 9.82. The van der Waals surface area contributed by atoms with Crippen molar-refractivity contribution in [1.29, 1.82) is 0 Å². The normalized spacial score (nSPS) is 10.7. The van der Waals surface area contributed by atoms with Gasteiger partial charge < -0.3 is 18.9 Å². The number of benzene rings is 3. The summed E-state index contributed by atoms with van der Waals surface area (Å²) in [4.78, 5) is 25.1. The molecule has 40 heavy (non-hydrogen) atoms. The van der Waals surface area contributed by atoms with E-state index in [4.69, 9.17) is 18.9 Å². The van der Waals surface area contributed by atoms with Crippen molar-refractivity contribution in [3.05, 3.63) is 83.9 Å². The summed E-state index contributed by atoms with van der Waals surface area (Å²) < 4.78 is 22.4. The molecule has 3 rings (SSSR count). The first-order chi connectivity index (χ1) is 19.6. The lowest BCUT2D eigenvalue weighted by molar-refractivity contribution is 0.0730. The third-order valence-corrected chi connectivity index (χ3v) is 6.46. The van der Waals surface area contributed by atoms with Crippen LogP contribution in [0.4, 0.5) is 0 Å². The van der Waals surface area contributed by atoms with Crippen LogP contribution in [-0.2, 0) is 0 Å². The number of carbonyl (C=O) groups excluding carboxylic acids is 2. The van der Waals surface area contributed by atoms with Crippen LogP contribution in [-0.4, -0.2) is 25.2 Å². The van der Waals surface area contributed by atoms with Gasteiger partial charge in [-0.3, -0.25) is 0 Å². The van der Waals surface area contributed by atoms with Crippen molar-refractivity contribution < 1.29 is 28.5 Å². The maximum absolute atomic E-state index is 12.6. The van der Waals surface area contributed by atoms with Gasteiger partial charge in [0, 0.05) is 0 Å². The fourth-order valence-electron chi connectivity index (χ4n) is 4.07. The Bertz CT molecular complexity index is 1140. The van der Waals surface area contributed by atoms with Crippen molar-refractivity contribution >= 4 is 11.9 Å². The Balaban J connectivity index is 1.40. The third-order valence-electron chi connectivity index (χ3n) is 6.46. The smallest absolute Gasteiger partial charge is 0.343 e. The standard InChI is InChI=1S/C34H42O6/c1-3-5-7-9-11-25-37-29-17-13-27(14-18-29)33(35)39-31-19-15-28(16-20-31)34(36)40-32-23-21-30(22-24-32)38-26-12-10-8-6-4-2/h13-24H,3-12,25-26H2,1-2H3. The molecular formula is C34H42O6. The average molecular weight is 547 g/mol. The molecule has 6 nitrogen and oxygen atoms in total. The minimum atomic E-state index is -0.497. The van der Waals surface area contributed by atoms with Crippen LogP contribution in [0.15, 0.2) is 72.8 Å². The quantitative estimate of drug-likeness (QED) is 0.0902. The Kier molecular flexibility index (Phi) is 13.6. The highest BCUT2D eigenvalue weighted by Gasteiger charge is 2.12. The molecule has 0 aliphatic heterocycles. The first-order valence-electron chi connectivity index (χ1n) is 14.6. The summed E-state index contributed by atoms with van der Waals surface area (Å²) in [6.45, 7) is 5.74. The molecule has 0 unspecified atom stereocenters. The van der Waals surface area contributed by atoms with Crippen molar-refractivity contribution in [1.82, 2.24) is 0 Å². The monoisotopic (exact) mass is 546 g/mol. The highest BCUT2D eigenvalue weighted by molar-refractivity contribution is 5.92. The van der Waals surface area contributed by atoms with Crippen molar-refractivity contribution in [3.8, 4) is 23.0 Å². The van der Waals surface area contributed by atoms with E-state index in [0.29, 0.717) is 35.8 Å². The molecule has 0 aliphatic carbocycles. The van der Waals surface area contributed by atoms with Gasteiger partial charge in [-0.05, 0) is 85.6 Å². The zero-order valence-electron chi connectivity index (χ0n) is 23.9. The Morgan fingerprint density at radius 3 is 1.18 bits per heavy atom. The van der Waals surface area contributed by atoms with Crippen LogP contribution in [0.1, 0.15) is 98.8 Å². The van der Waals surface area contributed by atoms with Crippen LogP contribution in [0, 0.1) is 0 Å². The minimum absolute atomic E-state index is 0.338. The highest BCUT2D eigenvalue weighted by Crippen LogP contribution is 2.21. The number of esters is 2. The van der Waals surface area contributed by atoms with E-state index in [2.05, 4.69) is 13.8 Å². The third kappa shape index (κ3) is 11.1. The molecule has 0 aromatic heterocycles. The lowest BCUT2D eigenvalue weighted by Crippen LogP contribution is -2.10. The van der Waals surface area contributed by atoms with Crippen LogP contribution in [0.3, 0.4) is 0 Å². The van der Waals surface area contributed by atoms with Crippen LogP contribution in [0.2, 0.25) is 0 Å². The molecule has 0 radical (unpaired) electrons. The zero-order valence-corrected chi connectivity index (χ0v) is 23.9. The highest BCUT2D eigenvalue weighted by atomic mass is 16.5. The fourth-order valence-corrected chi connectivity index (χ4v) is 4.07. The maximum Gasteiger partial charge on any atom is 0.343 e. The van der Waals surface area contributed by atoms with Gasteiger partial charge in [0.2, 0.25) is 0 Å². The number of rotatable bonds is 18. The van der Waals surface area contributed by atoms with Crippen molar-refractivity contribution in [2.75, 3.05) is 13.2 Å². The fraction of sp³-hybridized carbons (Fsp3) is 0.412. The van der Waals surface area contributed by atoms with Gasteiger partial charge in [-0.25, -0.2) is 9.59 Å². The van der Waals surface area contributed by atoms with E-state index in [0.717, 1.165) is 30.8 Å². The van der Waals surface area contributed by atoms with E-state index in [1.54, 1.807) is 72.8 Å². The first-order valence-corrected chi connectivity index (χ1v) is 14.6. The van der Waals surface area contributed by atoms with Gasteiger partial charge in [0.1, 0.15) is 23.0 Å². The van der Waals surface area contributed by atoms with Gasteiger partial charge >= 0.3 is 11.9 Å². The predicted molar refractivity (Wildman–Crippen MR) is 158 cm³/mol. The largest absolute Gasteiger partial charge is 0.494 e. The molecule has 6 heteroatoms. The molecule has 214 valence electrons. The summed E-state index contributed by atoms with van der Waals surface area (Å²) in [5.41, 5.74) is 0.770. The second-order valence-electron chi connectivity index (χ2n) is 9.82. The molecule has 0 fully saturated rings. The Hall–Kier alpha value is -3.80. The van der Waals surface area contributed by atoms with E-state index < -0.39 is 11.9 Å². The number of ether oxygens (including phenoxy) is 4. The number of hydrogen-bond donors (Lipinski definition) is 0. The van der Waals surface area contributed by atoms with E-state index in [1.807, 2.05) is 0 Å². The van der Waals surface area contributed by atoms with Gasteiger partial charge in [-0.15, -0.1) is 0 Å². The average Bonchev–Trinajstić information content (AvgIpc) is 2.98. The molecule has 0 heterocycles. The Morgan fingerprint density at radius 1 is 0.450 bits per heavy atom. The van der Waals surface area contributed by atoms with Gasteiger partial charge in [0.05, 0.1) is 24.3 Å². The lowest BCUT2D eigenvalue weighted by Gasteiger charge is -2.09. The molecule has 3 aromatic carbocycles. The molecule has 0 amide bonds. The molecule has 0 bridgehead atoms. The minimum Gasteiger partial charge on any atom is -0.494 e. The molecule has 0 aliphatic rings. The summed E-state index contributed by atoms with van der Waals surface area (Å²) in [6.07, 6.45) is 11.8. The topological polar surface area (TPSA) is 71.1 Å². The molecule has 3 aromatic rings. The molecule has 0 N–H and O–H groups in total. The number of hydrogen-bond acceptors (Lipinski definition) is 6. The van der Waals surface area contributed by atoms with Gasteiger partial charge in [0.25, 0.3) is 0 Å².